The van der Waals surface area contributed by atoms with Gasteiger partial charge in [0.2, 0.25) is 5.91 Å². The third-order valence-corrected chi connectivity index (χ3v) is 3.99. The lowest BCUT2D eigenvalue weighted by atomic mass is 10.1. The maximum Gasteiger partial charge on any atom is 0.234 e. The molecule has 3 nitrogen and oxygen atoms in total. The van der Waals surface area contributed by atoms with Crippen molar-refractivity contribution < 1.29 is 4.79 Å². The third-order valence-electron chi connectivity index (χ3n) is 2.89. The van der Waals surface area contributed by atoms with Crippen molar-refractivity contribution in [2.75, 3.05) is 5.32 Å². The van der Waals surface area contributed by atoms with Crippen LogP contribution in [0.25, 0.3) is 0 Å². The average Bonchev–Trinajstić information content (AvgIpc) is 2.67. The van der Waals surface area contributed by atoms with Gasteiger partial charge >= 0.3 is 0 Å². The Morgan fingerprint density at radius 1 is 1.50 bits per heavy atom. The second-order valence-corrected chi connectivity index (χ2v) is 5.82. The molecule has 0 bridgehead atoms. The number of carbonyl (C=O) groups is 1. The van der Waals surface area contributed by atoms with Crippen LogP contribution in [0.1, 0.15) is 19.0 Å². The molecule has 0 radical (unpaired) electrons. The van der Waals surface area contributed by atoms with E-state index in [1.165, 1.54) is 0 Å². The molecule has 1 amide bonds. The molecule has 1 aliphatic rings. The van der Waals surface area contributed by atoms with E-state index in [1.54, 1.807) is 13.0 Å². The topological polar surface area (TPSA) is 42.0 Å². The molecule has 1 fully saturated rings. The molecule has 5 heteroatoms. The van der Waals surface area contributed by atoms with E-state index >= 15 is 0 Å². The van der Waals surface area contributed by atoms with Crippen molar-refractivity contribution >= 4 is 34.9 Å². The minimum atomic E-state index is -0.944. The molecule has 1 aliphatic carbocycles. The zero-order valence-electron chi connectivity index (χ0n) is 9.05. The quantitative estimate of drug-likeness (QED) is 0.830. The van der Waals surface area contributed by atoms with Crippen molar-refractivity contribution in [2.24, 2.45) is 5.41 Å². The normalized spacial score (nSPS) is 26.2. The highest BCUT2D eigenvalue weighted by Crippen LogP contribution is 2.64. The van der Waals surface area contributed by atoms with Gasteiger partial charge in [-0.15, -0.1) is 23.2 Å². The molecule has 1 heterocycles. The highest BCUT2D eigenvalue weighted by atomic mass is 35.5. The fourth-order valence-corrected chi connectivity index (χ4v) is 2.22. The SMILES string of the molecule is Cc1cccc(NC(=O)C2(C)CC2(Cl)Cl)n1. The number of nitrogens with one attached hydrogen (secondary N) is 1. The molecular formula is C11H12Cl2N2O. The zero-order chi connectivity index (χ0) is 12.0. The van der Waals surface area contributed by atoms with Gasteiger partial charge in [-0.1, -0.05) is 6.07 Å². The summed E-state index contributed by atoms with van der Waals surface area (Å²) in [6.07, 6.45) is 0.473. The van der Waals surface area contributed by atoms with Crippen molar-refractivity contribution in [1.82, 2.24) is 4.98 Å². The number of hydrogen-bond acceptors (Lipinski definition) is 2. The smallest absolute Gasteiger partial charge is 0.234 e. The van der Waals surface area contributed by atoms with Crippen molar-refractivity contribution in [2.45, 2.75) is 24.6 Å². The van der Waals surface area contributed by atoms with Crippen LogP contribution in [0, 0.1) is 12.3 Å². The number of nitrogens with zero attached hydrogens (tertiary/aromatic N) is 1. The number of rotatable bonds is 2. The van der Waals surface area contributed by atoms with Crippen molar-refractivity contribution in [3.05, 3.63) is 23.9 Å². The largest absolute Gasteiger partial charge is 0.310 e. The number of alkyl halides is 2. The van der Waals surface area contributed by atoms with Gasteiger partial charge < -0.3 is 5.32 Å². The summed E-state index contributed by atoms with van der Waals surface area (Å²) in [4.78, 5) is 16.1. The molecule has 0 aliphatic heterocycles. The van der Waals surface area contributed by atoms with E-state index < -0.39 is 9.75 Å². The van der Waals surface area contributed by atoms with Crippen molar-refractivity contribution in [1.29, 1.82) is 0 Å². The highest BCUT2D eigenvalue weighted by Gasteiger charge is 2.67. The minimum absolute atomic E-state index is 0.185. The molecule has 2 rings (SSSR count). The number of carbonyl (C=O) groups excluding carboxylic acids is 1. The van der Waals surface area contributed by atoms with Gasteiger partial charge in [-0.05, 0) is 32.4 Å². The fourth-order valence-electron chi connectivity index (χ4n) is 1.51. The van der Waals surface area contributed by atoms with Crippen molar-refractivity contribution in [3.63, 3.8) is 0 Å². The van der Waals surface area contributed by atoms with E-state index in [9.17, 15) is 4.79 Å². The predicted molar refractivity (Wildman–Crippen MR) is 64.8 cm³/mol. The number of anilines is 1. The molecule has 1 N–H and O–H groups in total. The Hall–Kier alpha value is -0.800. The van der Waals surface area contributed by atoms with Crippen LogP contribution in [0.5, 0.6) is 0 Å². The highest BCUT2D eigenvalue weighted by molar-refractivity contribution is 6.53. The van der Waals surface area contributed by atoms with Gasteiger partial charge in [0.25, 0.3) is 0 Å². The Bertz CT molecular complexity index is 447. The van der Waals surface area contributed by atoms with E-state index in [0.717, 1.165) is 5.69 Å². The monoisotopic (exact) mass is 258 g/mol. The number of hydrogen-bond donors (Lipinski definition) is 1. The maximum atomic E-state index is 11.9. The Balaban J connectivity index is 2.10. The molecule has 1 unspecified atom stereocenters. The number of aryl methyl sites for hydroxylation is 1. The van der Waals surface area contributed by atoms with E-state index in [4.69, 9.17) is 23.2 Å². The van der Waals surface area contributed by atoms with Gasteiger partial charge in [0.05, 0.1) is 5.41 Å². The third kappa shape index (κ3) is 1.89. The van der Waals surface area contributed by atoms with Crippen LogP contribution < -0.4 is 5.32 Å². The van der Waals surface area contributed by atoms with Crippen LogP contribution in [-0.4, -0.2) is 15.2 Å². The summed E-state index contributed by atoms with van der Waals surface area (Å²) < 4.78 is -0.944. The first-order valence-electron chi connectivity index (χ1n) is 4.98. The van der Waals surface area contributed by atoms with Gasteiger partial charge in [-0.25, -0.2) is 4.98 Å². The lowest BCUT2D eigenvalue weighted by molar-refractivity contribution is -0.120. The number of aromatic nitrogens is 1. The van der Waals surface area contributed by atoms with E-state index in [2.05, 4.69) is 10.3 Å². The Morgan fingerprint density at radius 2 is 2.12 bits per heavy atom. The van der Waals surface area contributed by atoms with Crippen LogP contribution in [0.4, 0.5) is 5.82 Å². The Kier molecular flexibility index (Phi) is 2.63. The first-order valence-corrected chi connectivity index (χ1v) is 5.74. The summed E-state index contributed by atoms with van der Waals surface area (Å²) >= 11 is 11.8. The molecule has 1 saturated carbocycles. The first kappa shape index (κ1) is 11.7. The molecule has 1 atom stereocenters. The van der Waals surface area contributed by atoms with Gasteiger partial charge in [0.1, 0.15) is 10.2 Å². The van der Waals surface area contributed by atoms with Gasteiger partial charge in [0, 0.05) is 5.69 Å². The molecule has 0 spiro atoms. The average molecular weight is 259 g/mol. The maximum absolute atomic E-state index is 11.9. The summed E-state index contributed by atoms with van der Waals surface area (Å²) in [6.45, 7) is 3.61. The molecule has 16 heavy (non-hydrogen) atoms. The van der Waals surface area contributed by atoms with E-state index in [0.29, 0.717) is 12.2 Å². The molecule has 1 aromatic rings. The molecule has 86 valence electrons. The summed E-state index contributed by atoms with van der Waals surface area (Å²) in [7, 11) is 0. The minimum Gasteiger partial charge on any atom is -0.310 e. The van der Waals surface area contributed by atoms with Gasteiger partial charge in [-0.2, -0.15) is 0 Å². The molecule has 0 saturated heterocycles. The standard InChI is InChI=1S/C11H12Cl2N2O/c1-7-4-3-5-8(14-7)15-9(16)10(2)6-11(10,12)13/h3-5H,6H2,1-2H3,(H,14,15,16). The number of pyridine rings is 1. The van der Waals surface area contributed by atoms with Gasteiger partial charge in [0.15, 0.2) is 0 Å². The predicted octanol–water partition coefficient (Wildman–Crippen LogP) is 2.91. The summed E-state index contributed by atoms with van der Waals surface area (Å²) in [6, 6.07) is 5.44. The Morgan fingerprint density at radius 3 is 2.62 bits per heavy atom. The zero-order valence-corrected chi connectivity index (χ0v) is 10.6. The van der Waals surface area contributed by atoms with Gasteiger partial charge in [-0.3, -0.25) is 4.79 Å². The summed E-state index contributed by atoms with van der Waals surface area (Å²) in [5.74, 6) is 0.345. The number of amides is 1. The second kappa shape index (κ2) is 3.60. The summed E-state index contributed by atoms with van der Waals surface area (Å²) in [5, 5.41) is 2.72. The van der Waals surface area contributed by atoms with E-state index in [1.807, 2.05) is 19.1 Å². The van der Waals surface area contributed by atoms with Crippen LogP contribution in [0.3, 0.4) is 0 Å². The molecule has 0 aromatic carbocycles. The van der Waals surface area contributed by atoms with E-state index in [-0.39, 0.29) is 5.91 Å². The fraction of sp³-hybridized carbons (Fsp3) is 0.455. The van der Waals surface area contributed by atoms with Crippen LogP contribution in [0.2, 0.25) is 0 Å². The lowest BCUT2D eigenvalue weighted by Gasteiger charge is -2.12. The molecule has 1 aromatic heterocycles. The van der Waals surface area contributed by atoms with Crippen LogP contribution in [0.15, 0.2) is 18.2 Å². The van der Waals surface area contributed by atoms with Crippen molar-refractivity contribution in [3.8, 4) is 0 Å². The summed E-state index contributed by atoms with van der Waals surface area (Å²) in [5.41, 5.74) is 0.142. The second-order valence-electron chi connectivity index (χ2n) is 4.33. The first-order chi connectivity index (χ1) is 7.35. The Labute approximate surface area is 104 Å². The van der Waals surface area contributed by atoms with Crippen LogP contribution in [-0.2, 0) is 4.79 Å². The van der Waals surface area contributed by atoms with Crippen LogP contribution >= 0.6 is 23.2 Å². The lowest BCUT2D eigenvalue weighted by Crippen LogP contribution is -2.26. The molecular weight excluding hydrogens is 247 g/mol. The number of halogens is 2.